The van der Waals surface area contributed by atoms with Crippen LogP contribution in [-0.2, 0) is 4.79 Å². The van der Waals surface area contributed by atoms with Crippen molar-refractivity contribution >= 4 is 22.9 Å². The average Bonchev–Trinajstić information content (AvgIpc) is 3.11. The maximum Gasteiger partial charge on any atom is 0.225 e. The lowest BCUT2D eigenvalue weighted by Gasteiger charge is -2.26. The molecular weight excluding hydrogens is 377 g/mol. The van der Waals surface area contributed by atoms with E-state index in [9.17, 15) is 9.18 Å². The van der Waals surface area contributed by atoms with E-state index in [4.69, 9.17) is 9.47 Å². The van der Waals surface area contributed by atoms with Gasteiger partial charge in [-0.25, -0.2) is 4.39 Å². The van der Waals surface area contributed by atoms with Gasteiger partial charge in [-0.15, -0.1) is 11.3 Å². The maximum atomic E-state index is 13.7. The largest absolute Gasteiger partial charge is 0.493 e. The fraction of sp³-hybridized carbons (Fsp3) is 0.227. The molecule has 4 rings (SSSR count). The minimum atomic E-state index is -0.303. The highest BCUT2D eigenvalue weighted by Crippen LogP contribution is 2.49. The molecule has 0 radical (unpaired) electrons. The predicted molar refractivity (Wildman–Crippen MR) is 109 cm³/mol. The monoisotopic (exact) mass is 397 g/mol. The van der Waals surface area contributed by atoms with Crippen LogP contribution in [0, 0.1) is 5.82 Å². The van der Waals surface area contributed by atoms with E-state index in [1.165, 1.54) is 12.1 Å². The Balaban J connectivity index is 1.84. The minimum absolute atomic E-state index is 0.0705. The van der Waals surface area contributed by atoms with E-state index in [0.717, 1.165) is 27.3 Å². The third-order valence-corrected chi connectivity index (χ3v) is 5.92. The van der Waals surface area contributed by atoms with Crippen molar-refractivity contribution in [2.45, 2.75) is 19.3 Å². The number of hydrogen-bond donors (Lipinski definition) is 1. The number of rotatable bonds is 5. The molecule has 6 heteroatoms. The molecule has 3 aromatic rings. The summed E-state index contributed by atoms with van der Waals surface area (Å²) in [7, 11) is 1.60. The Kier molecular flexibility index (Phi) is 5.05. The quantitative estimate of drug-likeness (QED) is 0.624. The van der Waals surface area contributed by atoms with Crippen molar-refractivity contribution in [1.29, 1.82) is 0 Å². The Morgan fingerprint density at radius 3 is 2.82 bits per heavy atom. The zero-order chi connectivity index (χ0) is 19.7. The molecule has 0 saturated carbocycles. The highest BCUT2D eigenvalue weighted by molar-refractivity contribution is 7.11. The topological polar surface area (TPSA) is 47.6 Å². The van der Waals surface area contributed by atoms with Crippen molar-refractivity contribution in [3.63, 3.8) is 0 Å². The molecule has 2 heterocycles. The van der Waals surface area contributed by atoms with Gasteiger partial charge in [-0.2, -0.15) is 0 Å². The van der Waals surface area contributed by atoms with Crippen LogP contribution >= 0.6 is 11.3 Å². The van der Waals surface area contributed by atoms with E-state index in [-0.39, 0.29) is 17.6 Å². The Labute approximate surface area is 166 Å². The first-order chi connectivity index (χ1) is 13.6. The van der Waals surface area contributed by atoms with Crippen molar-refractivity contribution in [2.24, 2.45) is 0 Å². The number of halogens is 1. The zero-order valence-electron chi connectivity index (χ0n) is 15.6. The molecule has 1 aliphatic rings. The molecule has 1 aromatic heterocycles. The van der Waals surface area contributed by atoms with Gasteiger partial charge in [0.25, 0.3) is 0 Å². The molecule has 2 aromatic carbocycles. The normalized spacial score (nSPS) is 15.7. The van der Waals surface area contributed by atoms with Crippen LogP contribution in [0.2, 0.25) is 0 Å². The van der Waals surface area contributed by atoms with Crippen LogP contribution in [0.5, 0.6) is 11.5 Å². The van der Waals surface area contributed by atoms with Crippen molar-refractivity contribution < 1.29 is 18.7 Å². The average molecular weight is 397 g/mol. The van der Waals surface area contributed by atoms with E-state index in [1.807, 2.05) is 36.6 Å². The first-order valence-corrected chi connectivity index (χ1v) is 9.97. The summed E-state index contributed by atoms with van der Waals surface area (Å²) in [6.07, 6.45) is 0.323. The van der Waals surface area contributed by atoms with Crippen molar-refractivity contribution in [3.8, 4) is 22.6 Å². The van der Waals surface area contributed by atoms with Crippen molar-refractivity contribution in [1.82, 2.24) is 0 Å². The fourth-order valence-electron chi connectivity index (χ4n) is 3.61. The van der Waals surface area contributed by atoms with Gasteiger partial charge < -0.3 is 14.8 Å². The van der Waals surface area contributed by atoms with Gasteiger partial charge in [0.1, 0.15) is 5.82 Å². The smallest absolute Gasteiger partial charge is 0.225 e. The van der Waals surface area contributed by atoms with E-state index in [1.54, 1.807) is 24.5 Å². The zero-order valence-corrected chi connectivity index (χ0v) is 16.4. The number of methoxy groups -OCH3 is 1. The van der Waals surface area contributed by atoms with Crippen molar-refractivity contribution in [3.05, 3.63) is 64.1 Å². The van der Waals surface area contributed by atoms with Gasteiger partial charge in [0.2, 0.25) is 5.91 Å². The van der Waals surface area contributed by atoms with E-state index in [0.29, 0.717) is 24.5 Å². The van der Waals surface area contributed by atoms with E-state index < -0.39 is 0 Å². The molecule has 1 N–H and O–H groups in total. The summed E-state index contributed by atoms with van der Waals surface area (Å²) in [5, 5.41) is 4.95. The second-order valence-electron chi connectivity index (χ2n) is 6.52. The number of fused-ring (bicyclic) bond motifs is 1. The molecule has 0 unspecified atom stereocenters. The molecule has 4 nitrogen and oxygen atoms in total. The highest BCUT2D eigenvalue weighted by Gasteiger charge is 2.33. The van der Waals surface area contributed by atoms with Gasteiger partial charge in [-0.3, -0.25) is 4.79 Å². The first-order valence-electron chi connectivity index (χ1n) is 9.09. The first kappa shape index (κ1) is 18.5. The summed E-state index contributed by atoms with van der Waals surface area (Å²) in [5.41, 5.74) is 3.25. The Morgan fingerprint density at radius 2 is 2.07 bits per heavy atom. The Hall–Kier alpha value is -2.86. The molecule has 144 valence electrons. The van der Waals surface area contributed by atoms with E-state index >= 15 is 0 Å². The van der Waals surface area contributed by atoms with Crippen LogP contribution in [0.15, 0.2) is 47.8 Å². The van der Waals surface area contributed by atoms with Crippen LogP contribution in [-0.4, -0.2) is 19.6 Å². The van der Waals surface area contributed by atoms with Crippen LogP contribution in [0.25, 0.3) is 11.1 Å². The lowest BCUT2D eigenvalue weighted by Crippen LogP contribution is -2.23. The lowest BCUT2D eigenvalue weighted by atomic mass is 9.88. The summed E-state index contributed by atoms with van der Waals surface area (Å²) in [6.45, 7) is 2.42. The minimum Gasteiger partial charge on any atom is -0.493 e. The summed E-state index contributed by atoms with van der Waals surface area (Å²) in [4.78, 5) is 13.6. The molecule has 1 atom stereocenters. The number of para-hydroxylation sites is 1. The number of nitrogens with one attached hydrogen (secondary N) is 1. The second-order valence-corrected chi connectivity index (χ2v) is 7.43. The van der Waals surface area contributed by atoms with Crippen molar-refractivity contribution in [2.75, 3.05) is 19.0 Å². The van der Waals surface area contributed by atoms with Crippen LogP contribution in [0.3, 0.4) is 0 Å². The molecule has 0 aliphatic carbocycles. The van der Waals surface area contributed by atoms with E-state index in [2.05, 4.69) is 5.32 Å². The highest BCUT2D eigenvalue weighted by atomic mass is 32.1. The predicted octanol–water partition coefficient (Wildman–Crippen LogP) is 5.44. The van der Waals surface area contributed by atoms with Gasteiger partial charge in [0.15, 0.2) is 11.5 Å². The molecule has 0 spiro atoms. The number of anilines is 1. The van der Waals surface area contributed by atoms with Gasteiger partial charge in [-0.1, -0.05) is 24.3 Å². The molecule has 0 fully saturated rings. The number of thiophene rings is 1. The van der Waals surface area contributed by atoms with Gasteiger partial charge >= 0.3 is 0 Å². The number of benzene rings is 2. The third kappa shape index (κ3) is 3.24. The summed E-state index contributed by atoms with van der Waals surface area (Å²) in [5.74, 6) is 0.793. The summed E-state index contributed by atoms with van der Waals surface area (Å²) < 4.78 is 25.1. The van der Waals surface area contributed by atoms with Crippen LogP contribution in [0.4, 0.5) is 10.1 Å². The molecule has 0 saturated heterocycles. The van der Waals surface area contributed by atoms with Gasteiger partial charge in [-0.05, 0) is 30.7 Å². The summed E-state index contributed by atoms with van der Waals surface area (Å²) >= 11 is 1.56. The Morgan fingerprint density at radius 1 is 1.25 bits per heavy atom. The number of amides is 1. The number of hydrogen-bond acceptors (Lipinski definition) is 4. The third-order valence-electron chi connectivity index (χ3n) is 4.82. The number of ether oxygens (including phenoxy) is 2. The molecule has 0 bridgehead atoms. The van der Waals surface area contributed by atoms with Crippen LogP contribution in [0.1, 0.15) is 29.7 Å². The maximum absolute atomic E-state index is 13.7. The second kappa shape index (κ2) is 7.64. The van der Waals surface area contributed by atoms with Gasteiger partial charge in [0.05, 0.1) is 19.4 Å². The SMILES string of the molecule is CCOc1c(OC)cccc1[C@@H]1CC(=O)Nc2c(-c3cccc(F)c3)csc21. The number of carbonyl (C=O) groups excluding carboxylic acids is 1. The van der Waals surface area contributed by atoms with Gasteiger partial charge in [0, 0.05) is 33.7 Å². The molecular formula is C22H20FNO3S. The summed E-state index contributed by atoms with van der Waals surface area (Å²) in [6, 6.07) is 12.1. The molecule has 28 heavy (non-hydrogen) atoms. The fourth-order valence-corrected chi connectivity index (χ4v) is 4.77. The molecule has 1 aliphatic heterocycles. The number of carbonyl (C=O) groups is 1. The Bertz CT molecular complexity index is 1030. The molecule has 1 amide bonds. The van der Waals surface area contributed by atoms with Crippen LogP contribution < -0.4 is 14.8 Å². The lowest BCUT2D eigenvalue weighted by molar-refractivity contribution is -0.116. The standard InChI is InChI=1S/C22H20FNO3S/c1-3-27-21-15(8-5-9-18(21)26-2)16-11-19(25)24-20-17(12-28-22(16)20)13-6-4-7-14(23)10-13/h4-10,12,16H,3,11H2,1-2H3,(H,24,25)/t16-/m0/s1.